The van der Waals surface area contributed by atoms with Crippen molar-refractivity contribution in [2.45, 2.75) is 38.5 Å². The largest absolute Gasteiger partial charge is 0.476 e. The number of rotatable bonds is 6. The number of nitrogens with one attached hydrogen (secondary N) is 1. The van der Waals surface area contributed by atoms with E-state index in [2.05, 4.69) is 20.2 Å². The summed E-state index contributed by atoms with van der Waals surface area (Å²) in [6, 6.07) is 1.88. The summed E-state index contributed by atoms with van der Waals surface area (Å²) in [7, 11) is 0. The van der Waals surface area contributed by atoms with Gasteiger partial charge in [0.25, 0.3) is 0 Å². The van der Waals surface area contributed by atoms with Crippen molar-refractivity contribution >= 4 is 11.7 Å². The second-order valence-electron chi connectivity index (χ2n) is 6.03. The van der Waals surface area contributed by atoms with Crippen LogP contribution in [-0.2, 0) is 4.79 Å². The van der Waals surface area contributed by atoms with E-state index in [0.29, 0.717) is 19.0 Å². The van der Waals surface area contributed by atoms with E-state index in [1.54, 1.807) is 6.33 Å². The maximum Gasteiger partial charge on any atom is 0.223 e. The highest BCUT2D eigenvalue weighted by Gasteiger charge is 2.22. The van der Waals surface area contributed by atoms with Gasteiger partial charge >= 0.3 is 0 Å². The maximum absolute atomic E-state index is 11.9. The van der Waals surface area contributed by atoms with Crippen LogP contribution in [0.2, 0.25) is 0 Å². The Kier molecular flexibility index (Phi) is 5.08. The van der Waals surface area contributed by atoms with Gasteiger partial charge in [0.2, 0.25) is 11.8 Å². The normalized spacial score (nSPS) is 18.6. The lowest BCUT2D eigenvalue weighted by Crippen LogP contribution is -2.32. The Labute approximate surface area is 131 Å². The molecule has 0 aromatic carbocycles. The lowest BCUT2D eigenvalue weighted by molar-refractivity contribution is -0.124. The monoisotopic (exact) mass is 304 g/mol. The highest BCUT2D eigenvalue weighted by molar-refractivity contribution is 5.78. The molecule has 0 unspecified atom stereocenters. The van der Waals surface area contributed by atoms with E-state index in [1.165, 1.54) is 25.7 Å². The molecule has 2 heterocycles. The Morgan fingerprint density at radius 3 is 2.77 bits per heavy atom. The Balaban J connectivity index is 1.41. The first-order chi connectivity index (χ1) is 10.8. The molecule has 1 N–H and O–H groups in total. The minimum atomic E-state index is 0.168. The average molecular weight is 304 g/mol. The summed E-state index contributed by atoms with van der Waals surface area (Å²) in [4.78, 5) is 22.6. The van der Waals surface area contributed by atoms with E-state index in [1.807, 2.05) is 6.07 Å². The predicted molar refractivity (Wildman–Crippen MR) is 83.9 cm³/mol. The smallest absolute Gasteiger partial charge is 0.223 e. The van der Waals surface area contributed by atoms with Gasteiger partial charge in [0, 0.05) is 25.1 Å². The molecule has 0 radical (unpaired) electrons. The van der Waals surface area contributed by atoms with Gasteiger partial charge in [-0.3, -0.25) is 4.79 Å². The van der Waals surface area contributed by atoms with Crippen LogP contribution in [0, 0.1) is 5.92 Å². The Morgan fingerprint density at radius 1 is 1.23 bits per heavy atom. The van der Waals surface area contributed by atoms with Crippen molar-refractivity contribution < 1.29 is 9.53 Å². The number of nitrogens with zero attached hydrogens (tertiary/aromatic N) is 3. The summed E-state index contributed by atoms with van der Waals surface area (Å²) in [6.07, 6.45) is 8.38. The summed E-state index contributed by atoms with van der Waals surface area (Å²) >= 11 is 0. The first-order valence-corrected chi connectivity index (χ1v) is 8.30. The number of anilines is 1. The number of hydrogen-bond donors (Lipinski definition) is 1. The standard InChI is InChI=1S/C16H24N4O2/c21-16(13-5-1-2-6-13)17-7-10-22-15-11-14(18-12-19-15)20-8-3-4-9-20/h11-13H,1-10H2,(H,17,21). The van der Waals surface area contributed by atoms with E-state index in [4.69, 9.17) is 4.74 Å². The fourth-order valence-electron chi connectivity index (χ4n) is 3.19. The minimum absolute atomic E-state index is 0.168. The van der Waals surface area contributed by atoms with Gasteiger partial charge in [0.1, 0.15) is 18.8 Å². The third kappa shape index (κ3) is 3.87. The fraction of sp³-hybridized carbons (Fsp3) is 0.688. The number of carbonyl (C=O) groups is 1. The highest BCUT2D eigenvalue weighted by atomic mass is 16.5. The zero-order valence-corrected chi connectivity index (χ0v) is 13.0. The molecule has 2 aliphatic rings. The number of carbonyl (C=O) groups excluding carboxylic acids is 1. The van der Waals surface area contributed by atoms with Crippen LogP contribution in [0.25, 0.3) is 0 Å². The van der Waals surface area contributed by atoms with Crippen LogP contribution in [0.1, 0.15) is 38.5 Å². The molecule has 120 valence electrons. The Morgan fingerprint density at radius 2 is 2.00 bits per heavy atom. The van der Waals surface area contributed by atoms with Gasteiger partial charge in [0.15, 0.2) is 0 Å². The van der Waals surface area contributed by atoms with Gasteiger partial charge in [0.05, 0.1) is 6.54 Å². The molecule has 1 amide bonds. The molecule has 1 saturated heterocycles. The first kappa shape index (κ1) is 15.1. The van der Waals surface area contributed by atoms with Crippen LogP contribution >= 0.6 is 0 Å². The number of ether oxygens (including phenoxy) is 1. The summed E-state index contributed by atoms with van der Waals surface area (Å²) in [5, 5.41) is 2.95. The molecule has 0 bridgehead atoms. The molecule has 6 heteroatoms. The maximum atomic E-state index is 11.9. The molecule has 1 saturated carbocycles. The highest BCUT2D eigenvalue weighted by Crippen LogP contribution is 2.24. The molecule has 0 spiro atoms. The summed E-state index contributed by atoms with van der Waals surface area (Å²) in [5.41, 5.74) is 0. The SMILES string of the molecule is O=C(NCCOc1cc(N2CCCC2)ncn1)C1CCCC1. The van der Waals surface area contributed by atoms with Crippen LogP contribution in [0.4, 0.5) is 5.82 Å². The molecule has 1 aliphatic heterocycles. The summed E-state index contributed by atoms with van der Waals surface area (Å²) in [5.74, 6) is 1.88. The van der Waals surface area contributed by atoms with Crippen molar-refractivity contribution in [3.05, 3.63) is 12.4 Å². The van der Waals surface area contributed by atoms with Gasteiger partial charge in [-0.1, -0.05) is 12.8 Å². The molecule has 2 fully saturated rings. The van der Waals surface area contributed by atoms with Crippen LogP contribution in [0.3, 0.4) is 0 Å². The first-order valence-electron chi connectivity index (χ1n) is 8.30. The van der Waals surface area contributed by atoms with Crippen molar-refractivity contribution in [2.75, 3.05) is 31.1 Å². The minimum Gasteiger partial charge on any atom is -0.476 e. The van der Waals surface area contributed by atoms with Gasteiger partial charge in [-0.05, 0) is 25.7 Å². The van der Waals surface area contributed by atoms with Crippen LogP contribution in [0.15, 0.2) is 12.4 Å². The van der Waals surface area contributed by atoms with Crippen molar-refractivity contribution in [3.8, 4) is 5.88 Å². The molecular formula is C16H24N4O2. The van der Waals surface area contributed by atoms with E-state index < -0.39 is 0 Å². The van der Waals surface area contributed by atoms with Crippen molar-refractivity contribution in [1.82, 2.24) is 15.3 Å². The van der Waals surface area contributed by atoms with E-state index in [0.717, 1.165) is 31.7 Å². The molecule has 1 aromatic rings. The zero-order chi connectivity index (χ0) is 15.2. The second-order valence-corrected chi connectivity index (χ2v) is 6.03. The molecule has 22 heavy (non-hydrogen) atoms. The number of amides is 1. The summed E-state index contributed by atoms with van der Waals surface area (Å²) < 4.78 is 5.63. The van der Waals surface area contributed by atoms with Gasteiger partial charge < -0.3 is 15.0 Å². The van der Waals surface area contributed by atoms with E-state index in [-0.39, 0.29) is 11.8 Å². The second kappa shape index (κ2) is 7.42. The Hall–Kier alpha value is -1.85. The third-order valence-electron chi connectivity index (χ3n) is 4.43. The average Bonchev–Trinajstić information content (AvgIpc) is 3.24. The topological polar surface area (TPSA) is 67.3 Å². The number of hydrogen-bond acceptors (Lipinski definition) is 5. The van der Waals surface area contributed by atoms with Gasteiger partial charge in [-0.15, -0.1) is 0 Å². The van der Waals surface area contributed by atoms with Crippen molar-refractivity contribution in [2.24, 2.45) is 5.92 Å². The molecule has 6 nitrogen and oxygen atoms in total. The van der Waals surface area contributed by atoms with Crippen LogP contribution in [0.5, 0.6) is 5.88 Å². The molecular weight excluding hydrogens is 280 g/mol. The van der Waals surface area contributed by atoms with E-state index in [9.17, 15) is 4.79 Å². The fourth-order valence-corrected chi connectivity index (χ4v) is 3.19. The van der Waals surface area contributed by atoms with Gasteiger partial charge in [-0.2, -0.15) is 0 Å². The zero-order valence-electron chi connectivity index (χ0n) is 13.0. The van der Waals surface area contributed by atoms with E-state index >= 15 is 0 Å². The summed E-state index contributed by atoms with van der Waals surface area (Å²) in [6.45, 7) is 3.06. The molecule has 3 rings (SSSR count). The van der Waals surface area contributed by atoms with Gasteiger partial charge in [-0.25, -0.2) is 9.97 Å². The Bertz CT molecular complexity index is 497. The van der Waals surface area contributed by atoms with Crippen LogP contribution in [-0.4, -0.2) is 42.1 Å². The molecule has 0 atom stereocenters. The number of aromatic nitrogens is 2. The van der Waals surface area contributed by atoms with Crippen molar-refractivity contribution in [3.63, 3.8) is 0 Å². The van der Waals surface area contributed by atoms with Crippen LogP contribution < -0.4 is 15.0 Å². The van der Waals surface area contributed by atoms with Crippen molar-refractivity contribution in [1.29, 1.82) is 0 Å². The third-order valence-corrected chi connectivity index (χ3v) is 4.43. The molecule has 1 aromatic heterocycles. The predicted octanol–water partition coefficient (Wildman–Crippen LogP) is 1.76. The lowest BCUT2D eigenvalue weighted by Gasteiger charge is -2.16. The lowest BCUT2D eigenvalue weighted by atomic mass is 10.1. The quantitative estimate of drug-likeness (QED) is 0.811. The molecule has 1 aliphatic carbocycles.